The molecule has 1 fully saturated rings. The first-order valence-corrected chi connectivity index (χ1v) is 6.18. The van der Waals surface area contributed by atoms with Gasteiger partial charge in [-0.25, -0.2) is 0 Å². The molecule has 0 spiro atoms. The van der Waals surface area contributed by atoms with Crippen molar-refractivity contribution in [1.82, 2.24) is 5.32 Å². The highest BCUT2D eigenvalue weighted by atomic mass is 79.9. The van der Waals surface area contributed by atoms with Crippen molar-refractivity contribution in [2.75, 3.05) is 6.54 Å². The third-order valence-corrected chi connectivity index (χ3v) is 3.56. The summed E-state index contributed by atoms with van der Waals surface area (Å²) in [5.41, 5.74) is 0.976. The van der Waals surface area contributed by atoms with Crippen LogP contribution in [0.2, 0.25) is 0 Å². The van der Waals surface area contributed by atoms with Crippen LogP contribution < -0.4 is 5.32 Å². The van der Waals surface area contributed by atoms with E-state index in [1.807, 2.05) is 12.1 Å². The topological polar surface area (TPSA) is 32.3 Å². The second-order valence-electron chi connectivity index (χ2n) is 3.47. The summed E-state index contributed by atoms with van der Waals surface area (Å²) < 4.78 is 1.74. The van der Waals surface area contributed by atoms with Gasteiger partial charge in [0.1, 0.15) is 5.75 Å². The smallest absolute Gasteiger partial charge is 0.134 e. The molecule has 1 aliphatic rings. The van der Waals surface area contributed by atoms with Crippen molar-refractivity contribution < 1.29 is 5.11 Å². The molecular weight excluding hydrogens is 345 g/mol. The van der Waals surface area contributed by atoms with Crippen LogP contribution in [0, 0.1) is 0 Å². The van der Waals surface area contributed by atoms with Crippen molar-refractivity contribution >= 4 is 44.3 Å². The summed E-state index contributed by atoms with van der Waals surface area (Å²) in [6.45, 7) is 1.04. The first kappa shape index (κ1) is 13.3. The highest BCUT2D eigenvalue weighted by molar-refractivity contribution is 9.11. The maximum atomic E-state index is 9.87. The van der Waals surface area contributed by atoms with Crippen molar-refractivity contribution in [1.29, 1.82) is 0 Å². The number of hydrogen-bond acceptors (Lipinski definition) is 2. The van der Waals surface area contributed by atoms with Crippen LogP contribution in [-0.2, 0) is 0 Å². The number of rotatable bonds is 1. The van der Waals surface area contributed by atoms with E-state index in [2.05, 4.69) is 37.2 Å². The normalized spacial score (nSPS) is 20.0. The van der Waals surface area contributed by atoms with E-state index < -0.39 is 0 Å². The van der Waals surface area contributed by atoms with Gasteiger partial charge < -0.3 is 10.4 Å². The zero-order chi connectivity index (χ0) is 10.1. The van der Waals surface area contributed by atoms with Gasteiger partial charge >= 0.3 is 0 Å². The third-order valence-electron chi connectivity index (χ3n) is 2.49. The molecule has 0 bridgehead atoms. The summed E-state index contributed by atoms with van der Waals surface area (Å²) in [6.07, 6.45) is 2.27. The Morgan fingerprint density at radius 1 is 1.33 bits per heavy atom. The van der Waals surface area contributed by atoms with E-state index in [1.54, 1.807) is 0 Å². The Morgan fingerprint density at radius 2 is 2.07 bits per heavy atom. The average molecular weight is 357 g/mol. The van der Waals surface area contributed by atoms with Crippen LogP contribution in [0.25, 0.3) is 0 Å². The molecule has 1 aromatic rings. The van der Waals surface area contributed by atoms with Gasteiger partial charge in [-0.15, -0.1) is 12.4 Å². The number of phenolic OH excluding ortho intramolecular Hbond substituents is 1. The lowest BCUT2D eigenvalue weighted by molar-refractivity contribution is 0.453. The van der Waals surface area contributed by atoms with E-state index in [0.29, 0.717) is 11.8 Å². The Kier molecular flexibility index (Phi) is 4.90. The monoisotopic (exact) mass is 355 g/mol. The molecule has 84 valence electrons. The van der Waals surface area contributed by atoms with Gasteiger partial charge in [-0.2, -0.15) is 0 Å². The van der Waals surface area contributed by atoms with Crippen molar-refractivity contribution in [2.45, 2.75) is 18.9 Å². The predicted octanol–water partition coefficient (Wildman–Crippen LogP) is 3.76. The summed E-state index contributed by atoms with van der Waals surface area (Å²) in [7, 11) is 0. The molecule has 1 aromatic carbocycles. The van der Waals surface area contributed by atoms with Gasteiger partial charge in [-0.1, -0.05) is 15.9 Å². The molecule has 2 nitrogen and oxygen atoms in total. The van der Waals surface area contributed by atoms with Crippen molar-refractivity contribution in [3.8, 4) is 5.75 Å². The molecule has 1 heterocycles. The lowest BCUT2D eigenvalue weighted by Gasteiger charge is -2.14. The molecule has 0 radical (unpaired) electrons. The van der Waals surface area contributed by atoms with Crippen molar-refractivity contribution in [3.05, 3.63) is 26.6 Å². The quantitative estimate of drug-likeness (QED) is 0.802. The molecule has 5 heteroatoms. The fraction of sp³-hybridized carbons (Fsp3) is 0.400. The lowest BCUT2D eigenvalue weighted by Crippen LogP contribution is -2.13. The van der Waals surface area contributed by atoms with Crippen LogP contribution in [0.1, 0.15) is 24.4 Å². The van der Waals surface area contributed by atoms with Gasteiger partial charge in [-0.3, -0.25) is 0 Å². The van der Waals surface area contributed by atoms with E-state index in [-0.39, 0.29) is 12.4 Å². The highest BCUT2D eigenvalue weighted by Gasteiger charge is 2.20. The van der Waals surface area contributed by atoms with Gasteiger partial charge in [0.25, 0.3) is 0 Å². The minimum Gasteiger partial charge on any atom is -0.506 e. The Hall–Kier alpha value is 0.230. The van der Waals surface area contributed by atoms with E-state index >= 15 is 0 Å². The van der Waals surface area contributed by atoms with Gasteiger partial charge in [0.2, 0.25) is 0 Å². The van der Waals surface area contributed by atoms with Crippen LogP contribution in [0.4, 0.5) is 0 Å². The van der Waals surface area contributed by atoms with E-state index in [9.17, 15) is 5.11 Å². The number of aromatic hydroxyl groups is 1. The molecule has 1 saturated heterocycles. The zero-order valence-electron chi connectivity index (χ0n) is 7.96. The molecule has 15 heavy (non-hydrogen) atoms. The standard InChI is InChI=1S/C10H11Br2NO.ClH/c11-6-4-7(9-2-1-3-13-9)10(14)8(12)5-6;/h4-5,9,13-14H,1-3H2;1H/t9-;/m0./s1. The number of phenols is 1. The molecule has 2 N–H and O–H groups in total. The second-order valence-corrected chi connectivity index (χ2v) is 5.24. The second kappa shape index (κ2) is 5.53. The van der Waals surface area contributed by atoms with Crippen LogP contribution in [0.5, 0.6) is 5.75 Å². The van der Waals surface area contributed by atoms with Crippen molar-refractivity contribution in [3.63, 3.8) is 0 Å². The van der Waals surface area contributed by atoms with E-state index in [0.717, 1.165) is 27.5 Å². The Morgan fingerprint density at radius 3 is 2.67 bits per heavy atom. The predicted molar refractivity (Wildman–Crippen MR) is 70.7 cm³/mol. The molecular formula is C10H12Br2ClNO. The van der Waals surface area contributed by atoms with E-state index in [4.69, 9.17) is 0 Å². The number of benzene rings is 1. The fourth-order valence-corrected chi connectivity index (χ4v) is 3.06. The van der Waals surface area contributed by atoms with Crippen LogP contribution >= 0.6 is 44.3 Å². The summed E-state index contributed by atoms with van der Waals surface area (Å²) >= 11 is 6.76. The minimum atomic E-state index is 0. The molecule has 0 aliphatic carbocycles. The fourth-order valence-electron chi connectivity index (χ4n) is 1.80. The molecule has 0 saturated carbocycles. The summed E-state index contributed by atoms with van der Waals surface area (Å²) in [4.78, 5) is 0. The number of nitrogens with one attached hydrogen (secondary N) is 1. The Bertz CT molecular complexity index is 354. The third kappa shape index (κ3) is 2.87. The minimum absolute atomic E-state index is 0. The highest BCUT2D eigenvalue weighted by Crippen LogP contribution is 2.37. The van der Waals surface area contributed by atoms with Gasteiger partial charge in [0.15, 0.2) is 0 Å². The SMILES string of the molecule is Cl.Oc1c(Br)cc(Br)cc1[C@@H]1CCCN1. The molecule has 0 aromatic heterocycles. The maximum absolute atomic E-state index is 9.87. The van der Waals surface area contributed by atoms with Crippen molar-refractivity contribution in [2.24, 2.45) is 0 Å². The molecule has 0 unspecified atom stereocenters. The van der Waals surface area contributed by atoms with Gasteiger partial charge in [0, 0.05) is 16.1 Å². The van der Waals surface area contributed by atoms with Crippen LogP contribution in [-0.4, -0.2) is 11.7 Å². The molecule has 1 atom stereocenters. The average Bonchev–Trinajstić information content (AvgIpc) is 2.63. The maximum Gasteiger partial charge on any atom is 0.134 e. The molecule has 1 aliphatic heterocycles. The van der Waals surface area contributed by atoms with Crippen LogP contribution in [0.15, 0.2) is 21.1 Å². The summed E-state index contributed by atoms with van der Waals surface area (Å²) in [5.74, 6) is 0.354. The van der Waals surface area contributed by atoms with Crippen LogP contribution in [0.3, 0.4) is 0 Å². The first-order chi connectivity index (χ1) is 6.68. The Balaban J connectivity index is 0.00000112. The largest absolute Gasteiger partial charge is 0.506 e. The van der Waals surface area contributed by atoms with E-state index in [1.165, 1.54) is 6.42 Å². The van der Waals surface area contributed by atoms with Gasteiger partial charge in [-0.05, 0) is 47.4 Å². The Labute approximate surface area is 112 Å². The number of hydrogen-bond donors (Lipinski definition) is 2. The lowest BCUT2D eigenvalue weighted by atomic mass is 10.0. The zero-order valence-corrected chi connectivity index (χ0v) is 12.0. The molecule has 2 rings (SSSR count). The summed E-state index contributed by atoms with van der Waals surface area (Å²) in [6, 6.07) is 4.13. The molecule has 0 amide bonds. The van der Waals surface area contributed by atoms with Gasteiger partial charge in [0.05, 0.1) is 4.47 Å². The number of halogens is 3. The first-order valence-electron chi connectivity index (χ1n) is 4.60. The summed E-state index contributed by atoms with van der Waals surface area (Å²) in [5, 5.41) is 13.2.